The number of hydrogen-bond acceptors (Lipinski definition) is 0. The number of rotatable bonds is 4. The Morgan fingerprint density at radius 1 is 1.20 bits per heavy atom. The molecule has 2 aliphatic carbocycles. The van der Waals surface area contributed by atoms with E-state index in [2.05, 4.69) is 61.2 Å². The second-order valence-corrected chi connectivity index (χ2v) is 5.45. The van der Waals surface area contributed by atoms with Gasteiger partial charge in [0, 0.05) is 0 Å². The molecule has 0 bridgehead atoms. The van der Waals surface area contributed by atoms with Crippen molar-refractivity contribution >= 4 is 6.08 Å². The summed E-state index contributed by atoms with van der Waals surface area (Å²) in [6.45, 7) is 3.97. The van der Waals surface area contributed by atoms with Crippen LogP contribution in [-0.2, 0) is 6.42 Å². The molecule has 100 valence electrons. The molecular formula is C20H20. The van der Waals surface area contributed by atoms with E-state index < -0.39 is 0 Å². The molecule has 0 spiro atoms. The van der Waals surface area contributed by atoms with Crippen LogP contribution in [0.15, 0.2) is 77.9 Å². The zero-order valence-corrected chi connectivity index (χ0v) is 11.8. The van der Waals surface area contributed by atoms with Crippen molar-refractivity contribution in [3.05, 3.63) is 89.1 Å². The molecule has 1 aromatic carbocycles. The molecule has 0 aromatic heterocycles. The lowest BCUT2D eigenvalue weighted by molar-refractivity contribution is 0.994. The van der Waals surface area contributed by atoms with Crippen LogP contribution in [0.3, 0.4) is 0 Å². The first-order chi connectivity index (χ1) is 9.85. The summed E-state index contributed by atoms with van der Waals surface area (Å²) < 4.78 is 0. The molecule has 0 saturated carbocycles. The summed E-state index contributed by atoms with van der Waals surface area (Å²) in [5.41, 5.74) is 6.90. The predicted molar refractivity (Wildman–Crippen MR) is 87.5 cm³/mol. The van der Waals surface area contributed by atoms with Crippen LogP contribution in [-0.4, -0.2) is 0 Å². The van der Waals surface area contributed by atoms with Gasteiger partial charge in [0.1, 0.15) is 0 Å². The average molecular weight is 260 g/mol. The van der Waals surface area contributed by atoms with Gasteiger partial charge in [-0.2, -0.15) is 0 Å². The maximum atomic E-state index is 3.97. The van der Waals surface area contributed by atoms with Crippen LogP contribution in [0.25, 0.3) is 6.08 Å². The van der Waals surface area contributed by atoms with E-state index in [-0.39, 0.29) is 0 Å². The summed E-state index contributed by atoms with van der Waals surface area (Å²) in [6, 6.07) is 8.63. The van der Waals surface area contributed by atoms with Gasteiger partial charge in [-0.15, -0.1) is 0 Å². The van der Waals surface area contributed by atoms with Gasteiger partial charge in [0.05, 0.1) is 0 Å². The van der Waals surface area contributed by atoms with Crippen LogP contribution in [0.2, 0.25) is 0 Å². The summed E-state index contributed by atoms with van der Waals surface area (Å²) in [5.74, 6) is 0. The first-order valence-corrected chi connectivity index (χ1v) is 7.32. The molecule has 0 nitrogen and oxygen atoms in total. The lowest BCUT2D eigenvalue weighted by Gasteiger charge is -2.08. The van der Waals surface area contributed by atoms with Crippen molar-refractivity contribution in [2.45, 2.75) is 25.7 Å². The van der Waals surface area contributed by atoms with Crippen LogP contribution in [0.1, 0.15) is 30.4 Å². The van der Waals surface area contributed by atoms with Crippen molar-refractivity contribution < 1.29 is 0 Å². The standard InChI is InChI=1S/C20H20/c1-2-16(12-17-8-4-3-5-9-17)13-18-14-19-10-6-7-11-20(19)15-18/h2,4,6-11,13-14H,1,3,5,12,15H2/b16-13+. The van der Waals surface area contributed by atoms with Gasteiger partial charge < -0.3 is 0 Å². The van der Waals surface area contributed by atoms with Crippen LogP contribution in [0, 0.1) is 0 Å². The molecule has 1 aromatic rings. The average Bonchev–Trinajstić information content (AvgIpc) is 2.90. The molecular weight excluding hydrogens is 240 g/mol. The van der Waals surface area contributed by atoms with Gasteiger partial charge in [-0.25, -0.2) is 0 Å². The zero-order chi connectivity index (χ0) is 13.8. The Morgan fingerprint density at radius 3 is 2.85 bits per heavy atom. The lowest BCUT2D eigenvalue weighted by atomic mass is 9.98. The molecule has 0 radical (unpaired) electrons. The van der Waals surface area contributed by atoms with Gasteiger partial charge in [0.25, 0.3) is 0 Å². The number of allylic oxidation sites excluding steroid dienone is 8. The van der Waals surface area contributed by atoms with Gasteiger partial charge in [-0.05, 0) is 53.5 Å². The molecule has 0 aliphatic heterocycles. The monoisotopic (exact) mass is 260 g/mol. The van der Waals surface area contributed by atoms with Gasteiger partial charge >= 0.3 is 0 Å². The van der Waals surface area contributed by atoms with Crippen LogP contribution >= 0.6 is 0 Å². The highest BCUT2D eigenvalue weighted by Crippen LogP contribution is 2.27. The molecule has 0 heterocycles. The van der Waals surface area contributed by atoms with Crippen molar-refractivity contribution in [1.82, 2.24) is 0 Å². The summed E-state index contributed by atoms with van der Waals surface area (Å²) in [4.78, 5) is 0. The fourth-order valence-electron chi connectivity index (χ4n) is 2.85. The van der Waals surface area contributed by atoms with Crippen molar-refractivity contribution in [2.24, 2.45) is 0 Å². The Balaban J connectivity index is 1.76. The fraction of sp³-hybridized carbons (Fsp3) is 0.200. The number of benzene rings is 1. The van der Waals surface area contributed by atoms with E-state index in [9.17, 15) is 0 Å². The molecule has 0 amide bonds. The van der Waals surface area contributed by atoms with Crippen molar-refractivity contribution in [3.8, 4) is 0 Å². The molecule has 0 atom stereocenters. The van der Waals surface area contributed by atoms with Crippen LogP contribution in [0.5, 0.6) is 0 Å². The second kappa shape index (κ2) is 5.92. The smallest absolute Gasteiger partial charge is 0.00195 e. The van der Waals surface area contributed by atoms with Crippen molar-refractivity contribution in [2.75, 3.05) is 0 Å². The Labute approximate surface area is 121 Å². The van der Waals surface area contributed by atoms with Gasteiger partial charge in [-0.1, -0.05) is 67.3 Å². The molecule has 20 heavy (non-hydrogen) atoms. The minimum atomic E-state index is 0.994. The lowest BCUT2D eigenvalue weighted by Crippen LogP contribution is -1.89. The summed E-state index contributed by atoms with van der Waals surface area (Å²) in [6.07, 6.45) is 17.8. The summed E-state index contributed by atoms with van der Waals surface area (Å²) in [5, 5.41) is 0. The Bertz CT molecular complexity index is 636. The number of fused-ring (bicyclic) bond motifs is 1. The highest BCUT2D eigenvalue weighted by Gasteiger charge is 2.10. The third-order valence-corrected chi connectivity index (χ3v) is 3.90. The van der Waals surface area contributed by atoms with Gasteiger partial charge in [0.15, 0.2) is 0 Å². The second-order valence-electron chi connectivity index (χ2n) is 5.45. The molecule has 0 N–H and O–H groups in total. The maximum Gasteiger partial charge on any atom is -0.00195 e. The van der Waals surface area contributed by atoms with Crippen LogP contribution in [0.4, 0.5) is 0 Å². The van der Waals surface area contributed by atoms with E-state index in [4.69, 9.17) is 0 Å². The minimum Gasteiger partial charge on any atom is -0.0988 e. The van der Waals surface area contributed by atoms with E-state index in [0.717, 1.165) is 12.8 Å². The topological polar surface area (TPSA) is 0 Å². The molecule has 2 aliphatic rings. The zero-order valence-electron chi connectivity index (χ0n) is 11.8. The van der Waals surface area contributed by atoms with Crippen molar-refractivity contribution in [1.29, 1.82) is 0 Å². The van der Waals surface area contributed by atoms with E-state index in [1.807, 2.05) is 6.08 Å². The molecule has 0 saturated heterocycles. The highest BCUT2D eigenvalue weighted by atomic mass is 14.1. The predicted octanol–water partition coefficient (Wildman–Crippen LogP) is 5.41. The first kappa shape index (κ1) is 12.9. The highest BCUT2D eigenvalue weighted by molar-refractivity contribution is 5.66. The van der Waals surface area contributed by atoms with E-state index in [0.29, 0.717) is 0 Å². The fourth-order valence-corrected chi connectivity index (χ4v) is 2.85. The quantitative estimate of drug-likeness (QED) is 0.635. The molecule has 0 heteroatoms. The van der Waals surface area contributed by atoms with Gasteiger partial charge in [-0.3, -0.25) is 0 Å². The van der Waals surface area contributed by atoms with E-state index >= 15 is 0 Å². The third-order valence-electron chi connectivity index (χ3n) is 3.90. The Hall–Kier alpha value is -2.08. The minimum absolute atomic E-state index is 0.994. The Morgan fingerprint density at radius 2 is 2.10 bits per heavy atom. The van der Waals surface area contributed by atoms with E-state index in [1.165, 1.54) is 40.7 Å². The van der Waals surface area contributed by atoms with Gasteiger partial charge in [0.2, 0.25) is 0 Å². The SMILES string of the molecule is C=C/C(=C\C1=Cc2ccccc2C1)CC1=CCCC=C1. The van der Waals surface area contributed by atoms with Crippen molar-refractivity contribution in [3.63, 3.8) is 0 Å². The summed E-state index contributed by atoms with van der Waals surface area (Å²) >= 11 is 0. The maximum absolute atomic E-state index is 3.97. The largest absolute Gasteiger partial charge is 0.0988 e. The Kier molecular flexibility index (Phi) is 3.83. The third kappa shape index (κ3) is 2.91. The molecule has 0 unspecified atom stereocenters. The first-order valence-electron chi connectivity index (χ1n) is 7.32. The summed E-state index contributed by atoms with van der Waals surface area (Å²) in [7, 11) is 0. The van der Waals surface area contributed by atoms with Crippen LogP contribution < -0.4 is 0 Å². The number of hydrogen-bond donors (Lipinski definition) is 0. The van der Waals surface area contributed by atoms with E-state index in [1.54, 1.807) is 0 Å². The normalized spacial score (nSPS) is 17.5. The molecule has 3 rings (SSSR count). The molecule has 0 fully saturated rings.